The minimum atomic E-state index is 0.103. The normalized spacial score (nSPS) is 10.4. The van der Waals surface area contributed by atoms with E-state index in [1.807, 2.05) is 32.0 Å². The fourth-order valence-corrected chi connectivity index (χ4v) is 1.79. The Hall–Kier alpha value is -1.71. The molecule has 0 heterocycles. The van der Waals surface area contributed by atoms with Crippen molar-refractivity contribution in [1.82, 2.24) is 5.32 Å². The molecule has 18 heavy (non-hydrogen) atoms. The zero-order valence-electron chi connectivity index (χ0n) is 11.3. The van der Waals surface area contributed by atoms with Crippen molar-refractivity contribution >= 4 is 11.6 Å². The molecule has 1 amide bonds. The molecule has 3 N–H and O–H groups in total. The van der Waals surface area contributed by atoms with E-state index in [0.717, 1.165) is 18.4 Å². The van der Waals surface area contributed by atoms with Crippen molar-refractivity contribution in [2.45, 2.75) is 39.2 Å². The lowest BCUT2D eigenvalue weighted by Crippen LogP contribution is -2.29. The number of carbonyl (C=O) groups is 1. The van der Waals surface area contributed by atoms with Gasteiger partial charge >= 0.3 is 0 Å². The van der Waals surface area contributed by atoms with Crippen LogP contribution >= 0.6 is 0 Å². The maximum atomic E-state index is 11.5. The average molecular weight is 250 g/mol. The summed E-state index contributed by atoms with van der Waals surface area (Å²) in [5, 5.41) is 2.88. The number of ether oxygens (including phenoxy) is 1. The highest BCUT2D eigenvalue weighted by molar-refractivity contribution is 5.76. The van der Waals surface area contributed by atoms with E-state index < -0.39 is 0 Å². The lowest BCUT2D eigenvalue weighted by atomic mass is 10.1. The lowest BCUT2D eigenvalue weighted by molar-refractivity contribution is -0.121. The second-order valence-corrected chi connectivity index (χ2v) is 4.65. The van der Waals surface area contributed by atoms with Gasteiger partial charge < -0.3 is 15.8 Å². The zero-order chi connectivity index (χ0) is 13.5. The third-order valence-electron chi connectivity index (χ3n) is 2.61. The Morgan fingerprint density at radius 3 is 2.72 bits per heavy atom. The molecule has 0 saturated heterocycles. The van der Waals surface area contributed by atoms with Crippen LogP contribution in [-0.4, -0.2) is 19.1 Å². The molecule has 0 atom stereocenters. The Labute approximate surface area is 109 Å². The highest BCUT2D eigenvalue weighted by atomic mass is 16.5. The van der Waals surface area contributed by atoms with Gasteiger partial charge in [0.2, 0.25) is 5.91 Å². The number of methoxy groups -OCH3 is 1. The van der Waals surface area contributed by atoms with Crippen molar-refractivity contribution < 1.29 is 9.53 Å². The fraction of sp³-hybridized carbons (Fsp3) is 0.500. The van der Waals surface area contributed by atoms with E-state index in [9.17, 15) is 4.79 Å². The predicted molar refractivity (Wildman–Crippen MR) is 73.6 cm³/mol. The first-order valence-electron chi connectivity index (χ1n) is 6.24. The summed E-state index contributed by atoms with van der Waals surface area (Å²) in [6.45, 7) is 3.92. The number of anilines is 1. The van der Waals surface area contributed by atoms with Gasteiger partial charge in [0.1, 0.15) is 5.75 Å². The molecule has 0 radical (unpaired) electrons. The minimum absolute atomic E-state index is 0.103. The number of rotatable bonds is 6. The highest BCUT2D eigenvalue weighted by Crippen LogP contribution is 2.22. The summed E-state index contributed by atoms with van der Waals surface area (Å²) in [6, 6.07) is 5.95. The molecule has 0 spiro atoms. The van der Waals surface area contributed by atoms with Crippen LogP contribution in [0.4, 0.5) is 5.69 Å². The summed E-state index contributed by atoms with van der Waals surface area (Å²) < 4.78 is 5.10. The summed E-state index contributed by atoms with van der Waals surface area (Å²) in [6.07, 6.45) is 2.22. The van der Waals surface area contributed by atoms with E-state index in [-0.39, 0.29) is 11.9 Å². The number of nitrogens with two attached hydrogens (primary N) is 1. The highest BCUT2D eigenvalue weighted by Gasteiger charge is 2.04. The van der Waals surface area contributed by atoms with Gasteiger partial charge in [0.15, 0.2) is 0 Å². The van der Waals surface area contributed by atoms with Crippen molar-refractivity contribution in [3.63, 3.8) is 0 Å². The number of hydrogen-bond donors (Lipinski definition) is 2. The number of nitrogen functional groups attached to an aromatic ring is 1. The van der Waals surface area contributed by atoms with Crippen LogP contribution < -0.4 is 15.8 Å². The first-order chi connectivity index (χ1) is 8.52. The first kappa shape index (κ1) is 14.4. The second-order valence-electron chi connectivity index (χ2n) is 4.65. The Morgan fingerprint density at radius 1 is 1.44 bits per heavy atom. The molecule has 0 bridgehead atoms. The Balaban J connectivity index is 2.40. The molecule has 0 saturated carbocycles. The van der Waals surface area contributed by atoms with Crippen LogP contribution in [0.25, 0.3) is 0 Å². The molecule has 0 aliphatic rings. The summed E-state index contributed by atoms with van der Waals surface area (Å²) in [5.74, 6) is 0.794. The van der Waals surface area contributed by atoms with Gasteiger partial charge in [0.05, 0.1) is 12.8 Å². The van der Waals surface area contributed by atoms with Crippen molar-refractivity contribution in [3.05, 3.63) is 23.8 Å². The van der Waals surface area contributed by atoms with E-state index in [1.165, 1.54) is 0 Å². The lowest BCUT2D eigenvalue weighted by Gasteiger charge is -2.09. The molecule has 0 aliphatic heterocycles. The maximum absolute atomic E-state index is 11.5. The molecule has 1 aromatic carbocycles. The quantitative estimate of drug-likeness (QED) is 0.760. The number of hydrogen-bond acceptors (Lipinski definition) is 3. The molecule has 0 unspecified atom stereocenters. The number of nitrogens with one attached hydrogen (secondary N) is 1. The van der Waals surface area contributed by atoms with Gasteiger partial charge in [-0.15, -0.1) is 0 Å². The standard InChI is InChI=1S/C14H22N2O2/c1-10(2)16-14(17)6-4-5-11-7-8-13(18-3)12(15)9-11/h7-10H,4-6,15H2,1-3H3,(H,16,17). The van der Waals surface area contributed by atoms with Crippen LogP contribution in [-0.2, 0) is 11.2 Å². The van der Waals surface area contributed by atoms with Gasteiger partial charge in [-0.3, -0.25) is 4.79 Å². The van der Waals surface area contributed by atoms with Crippen LogP contribution in [0.5, 0.6) is 5.75 Å². The topological polar surface area (TPSA) is 64.3 Å². The van der Waals surface area contributed by atoms with Gasteiger partial charge in [-0.1, -0.05) is 6.07 Å². The Morgan fingerprint density at radius 2 is 2.17 bits per heavy atom. The minimum Gasteiger partial charge on any atom is -0.495 e. The van der Waals surface area contributed by atoms with Crippen LogP contribution in [0, 0.1) is 0 Å². The number of benzene rings is 1. The monoisotopic (exact) mass is 250 g/mol. The fourth-order valence-electron chi connectivity index (χ4n) is 1.79. The first-order valence-corrected chi connectivity index (χ1v) is 6.24. The van der Waals surface area contributed by atoms with Crippen molar-refractivity contribution in [2.24, 2.45) is 0 Å². The number of aryl methyl sites for hydroxylation is 1. The van der Waals surface area contributed by atoms with E-state index in [0.29, 0.717) is 17.9 Å². The molecule has 0 fully saturated rings. The number of carbonyl (C=O) groups excluding carboxylic acids is 1. The van der Waals surface area contributed by atoms with Gasteiger partial charge in [0.25, 0.3) is 0 Å². The molecule has 4 nitrogen and oxygen atoms in total. The second kappa shape index (κ2) is 6.89. The largest absolute Gasteiger partial charge is 0.495 e. The van der Waals surface area contributed by atoms with Gasteiger partial charge in [-0.2, -0.15) is 0 Å². The molecule has 4 heteroatoms. The molecular weight excluding hydrogens is 228 g/mol. The summed E-state index contributed by atoms with van der Waals surface area (Å²) in [7, 11) is 1.60. The van der Waals surface area contributed by atoms with Crippen LogP contribution in [0.2, 0.25) is 0 Å². The Bertz CT molecular complexity index is 403. The van der Waals surface area contributed by atoms with Crippen molar-refractivity contribution in [3.8, 4) is 5.75 Å². The van der Waals surface area contributed by atoms with Gasteiger partial charge in [-0.05, 0) is 44.4 Å². The average Bonchev–Trinajstić information content (AvgIpc) is 2.28. The summed E-state index contributed by atoms with van der Waals surface area (Å²) >= 11 is 0. The van der Waals surface area contributed by atoms with Gasteiger partial charge in [-0.25, -0.2) is 0 Å². The van der Waals surface area contributed by atoms with E-state index in [1.54, 1.807) is 7.11 Å². The summed E-state index contributed by atoms with van der Waals surface area (Å²) in [4.78, 5) is 11.5. The molecule has 0 aromatic heterocycles. The molecule has 0 aliphatic carbocycles. The van der Waals surface area contributed by atoms with E-state index in [4.69, 9.17) is 10.5 Å². The third-order valence-corrected chi connectivity index (χ3v) is 2.61. The molecule has 100 valence electrons. The third kappa shape index (κ3) is 4.65. The SMILES string of the molecule is COc1ccc(CCCC(=O)NC(C)C)cc1N. The maximum Gasteiger partial charge on any atom is 0.220 e. The van der Waals surface area contributed by atoms with Crippen LogP contribution in [0.3, 0.4) is 0 Å². The smallest absolute Gasteiger partial charge is 0.220 e. The zero-order valence-corrected chi connectivity index (χ0v) is 11.3. The van der Waals surface area contributed by atoms with E-state index in [2.05, 4.69) is 5.32 Å². The Kier molecular flexibility index (Phi) is 5.49. The van der Waals surface area contributed by atoms with Crippen molar-refractivity contribution in [2.75, 3.05) is 12.8 Å². The predicted octanol–water partition coefficient (Wildman–Crippen LogP) is 2.12. The van der Waals surface area contributed by atoms with Gasteiger partial charge in [0, 0.05) is 12.5 Å². The van der Waals surface area contributed by atoms with E-state index >= 15 is 0 Å². The van der Waals surface area contributed by atoms with Crippen molar-refractivity contribution in [1.29, 1.82) is 0 Å². The van der Waals surface area contributed by atoms with Crippen LogP contribution in [0.15, 0.2) is 18.2 Å². The molecule has 1 rings (SSSR count). The number of amides is 1. The molecule has 1 aromatic rings. The summed E-state index contributed by atoms with van der Waals surface area (Å²) in [5.41, 5.74) is 7.60. The van der Waals surface area contributed by atoms with Crippen LogP contribution in [0.1, 0.15) is 32.3 Å². The molecular formula is C14H22N2O2.